The number of rotatable bonds is 0. The van der Waals surface area contributed by atoms with Crippen LogP contribution in [0, 0.1) is 0 Å². The van der Waals surface area contributed by atoms with Gasteiger partial charge >= 0.3 is 0 Å². The summed E-state index contributed by atoms with van der Waals surface area (Å²) in [4.78, 5) is 25.2. The molecule has 1 fully saturated rings. The highest BCUT2D eigenvalue weighted by Gasteiger charge is 2.38. The molecule has 1 atom stereocenters. The monoisotopic (exact) mass is 216 g/mol. The minimum Gasteiger partial charge on any atom is -0.326 e. The Morgan fingerprint density at radius 3 is 2.94 bits per heavy atom. The molecule has 1 aromatic rings. The highest BCUT2D eigenvalue weighted by atomic mass is 16.2. The van der Waals surface area contributed by atoms with Crippen LogP contribution in [0.3, 0.4) is 0 Å². The van der Waals surface area contributed by atoms with Crippen LogP contribution in [0.25, 0.3) is 0 Å². The summed E-state index contributed by atoms with van der Waals surface area (Å²) in [6.07, 6.45) is 1.12. The van der Waals surface area contributed by atoms with E-state index >= 15 is 0 Å². The largest absolute Gasteiger partial charge is 0.326 e. The molecule has 0 aliphatic carbocycles. The molecule has 0 spiro atoms. The predicted molar refractivity (Wildman–Crippen MR) is 58.6 cm³/mol. The number of hydrogen-bond donors (Lipinski definition) is 1. The maximum absolute atomic E-state index is 11.9. The number of carbonyl (C=O) groups excluding carboxylic acids is 2. The Hall–Kier alpha value is -1.84. The van der Waals surface area contributed by atoms with Crippen LogP contribution in [-0.2, 0) is 16.1 Å². The van der Waals surface area contributed by atoms with E-state index in [2.05, 4.69) is 5.32 Å². The Labute approximate surface area is 93.2 Å². The molecule has 0 saturated carbocycles. The lowest BCUT2D eigenvalue weighted by Crippen LogP contribution is -2.38. The first-order valence-electron chi connectivity index (χ1n) is 5.44. The van der Waals surface area contributed by atoms with Gasteiger partial charge in [0.1, 0.15) is 6.04 Å². The van der Waals surface area contributed by atoms with Crippen molar-refractivity contribution in [2.75, 3.05) is 5.32 Å². The summed E-state index contributed by atoms with van der Waals surface area (Å²) in [5.41, 5.74) is 1.84. The molecule has 2 amide bonds. The van der Waals surface area contributed by atoms with Gasteiger partial charge in [0.15, 0.2) is 0 Å². The molecular formula is C12H12N2O2. The zero-order valence-electron chi connectivity index (χ0n) is 8.77. The first-order valence-corrected chi connectivity index (χ1v) is 5.44. The van der Waals surface area contributed by atoms with Crippen molar-refractivity contribution in [3.05, 3.63) is 29.8 Å². The number of amides is 2. The van der Waals surface area contributed by atoms with Gasteiger partial charge in [0.25, 0.3) is 0 Å². The molecule has 1 aromatic carbocycles. The molecule has 3 rings (SSSR count). The van der Waals surface area contributed by atoms with Gasteiger partial charge in [0.2, 0.25) is 11.8 Å². The topological polar surface area (TPSA) is 49.4 Å². The van der Waals surface area contributed by atoms with E-state index in [4.69, 9.17) is 0 Å². The predicted octanol–water partition coefficient (Wildman–Crippen LogP) is 1.13. The van der Waals surface area contributed by atoms with E-state index < -0.39 is 0 Å². The molecule has 4 nitrogen and oxygen atoms in total. The average molecular weight is 216 g/mol. The molecule has 82 valence electrons. The third-order valence-electron chi connectivity index (χ3n) is 3.25. The normalized spacial score (nSPS) is 23.5. The average Bonchev–Trinajstić information content (AvgIpc) is 2.57. The molecule has 2 aliphatic rings. The highest BCUT2D eigenvalue weighted by Crippen LogP contribution is 2.28. The molecule has 1 saturated heterocycles. The van der Waals surface area contributed by atoms with Crippen LogP contribution in [-0.4, -0.2) is 22.8 Å². The molecule has 2 heterocycles. The second-order valence-corrected chi connectivity index (χ2v) is 4.22. The van der Waals surface area contributed by atoms with Crippen LogP contribution in [0.15, 0.2) is 24.3 Å². The summed E-state index contributed by atoms with van der Waals surface area (Å²) in [6.45, 7) is 0.540. The first-order chi connectivity index (χ1) is 7.75. The smallest absolute Gasteiger partial charge is 0.247 e. The maximum Gasteiger partial charge on any atom is 0.247 e. The number of nitrogens with one attached hydrogen (secondary N) is 1. The second-order valence-electron chi connectivity index (χ2n) is 4.22. The quantitative estimate of drug-likeness (QED) is 0.706. The van der Waals surface area contributed by atoms with E-state index in [0.29, 0.717) is 19.4 Å². The fourth-order valence-corrected chi connectivity index (χ4v) is 2.38. The minimum atomic E-state index is -0.278. The van der Waals surface area contributed by atoms with E-state index in [0.717, 1.165) is 11.3 Å². The number of benzene rings is 1. The zero-order chi connectivity index (χ0) is 11.1. The lowest BCUT2D eigenvalue weighted by molar-refractivity contribution is -0.133. The van der Waals surface area contributed by atoms with Crippen LogP contribution in [0.4, 0.5) is 5.69 Å². The molecule has 0 aromatic heterocycles. The van der Waals surface area contributed by atoms with Gasteiger partial charge < -0.3 is 10.2 Å². The van der Waals surface area contributed by atoms with Gasteiger partial charge in [-0.15, -0.1) is 0 Å². The zero-order valence-corrected chi connectivity index (χ0v) is 8.77. The van der Waals surface area contributed by atoms with Crippen molar-refractivity contribution >= 4 is 17.5 Å². The van der Waals surface area contributed by atoms with Crippen molar-refractivity contribution in [2.24, 2.45) is 0 Å². The highest BCUT2D eigenvalue weighted by molar-refractivity contribution is 6.00. The van der Waals surface area contributed by atoms with Crippen LogP contribution in [0.2, 0.25) is 0 Å². The van der Waals surface area contributed by atoms with Gasteiger partial charge in [-0.25, -0.2) is 0 Å². The Kier molecular flexibility index (Phi) is 1.96. The van der Waals surface area contributed by atoms with Crippen molar-refractivity contribution in [1.29, 1.82) is 0 Å². The lowest BCUT2D eigenvalue weighted by atomic mass is 10.2. The Morgan fingerprint density at radius 1 is 1.25 bits per heavy atom. The number of anilines is 1. The number of para-hydroxylation sites is 1. The fourth-order valence-electron chi connectivity index (χ4n) is 2.38. The summed E-state index contributed by atoms with van der Waals surface area (Å²) >= 11 is 0. The van der Waals surface area contributed by atoms with E-state index in [-0.39, 0.29) is 17.9 Å². The molecule has 2 aliphatic heterocycles. The molecule has 0 unspecified atom stereocenters. The third-order valence-corrected chi connectivity index (χ3v) is 3.25. The molecular weight excluding hydrogens is 204 g/mol. The summed E-state index contributed by atoms with van der Waals surface area (Å²) in [5.74, 6) is 0.0210. The first kappa shape index (κ1) is 9.39. The number of hydrogen-bond acceptors (Lipinski definition) is 2. The molecule has 0 radical (unpaired) electrons. The van der Waals surface area contributed by atoms with Crippen molar-refractivity contribution in [3.8, 4) is 0 Å². The van der Waals surface area contributed by atoms with Gasteiger partial charge in [-0.2, -0.15) is 0 Å². The van der Waals surface area contributed by atoms with Gasteiger partial charge in [-0.05, 0) is 18.1 Å². The number of fused-ring (bicyclic) bond motifs is 2. The van der Waals surface area contributed by atoms with Crippen LogP contribution in [0.1, 0.15) is 18.4 Å². The maximum atomic E-state index is 11.9. The van der Waals surface area contributed by atoms with Crippen LogP contribution >= 0.6 is 0 Å². The molecule has 16 heavy (non-hydrogen) atoms. The van der Waals surface area contributed by atoms with E-state index in [1.54, 1.807) is 4.90 Å². The number of carbonyl (C=O) groups is 2. The van der Waals surface area contributed by atoms with Gasteiger partial charge in [0.05, 0.1) is 0 Å². The Morgan fingerprint density at radius 2 is 2.06 bits per heavy atom. The van der Waals surface area contributed by atoms with E-state index in [9.17, 15) is 9.59 Å². The fraction of sp³-hybridized carbons (Fsp3) is 0.333. The van der Waals surface area contributed by atoms with Gasteiger partial charge in [-0.1, -0.05) is 18.2 Å². The summed E-state index contributed by atoms with van der Waals surface area (Å²) in [6, 6.07) is 7.35. The second kappa shape index (κ2) is 3.33. The lowest BCUT2D eigenvalue weighted by Gasteiger charge is -2.19. The van der Waals surface area contributed by atoms with E-state index in [1.807, 2.05) is 24.3 Å². The van der Waals surface area contributed by atoms with Crippen LogP contribution in [0.5, 0.6) is 0 Å². The Bertz CT molecular complexity index is 470. The standard InChI is InChI=1S/C12H12N2O2/c15-11-6-5-10-12(16)13-9-4-2-1-3-8(9)7-14(10)11/h1-4,10H,5-7H2,(H,13,16)/t10-/m1/s1. The third kappa shape index (κ3) is 1.30. The van der Waals surface area contributed by atoms with Crippen LogP contribution < -0.4 is 5.32 Å². The Balaban J connectivity index is 2.04. The van der Waals surface area contributed by atoms with E-state index in [1.165, 1.54) is 0 Å². The summed E-state index contributed by atoms with van der Waals surface area (Å²) in [7, 11) is 0. The molecule has 1 N–H and O–H groups in total. The molecule has 4 heteroatoms. The van der Waals surface area contributed by atoms with Crippen molar-refractivity contribution < 1.29 is 9.59 Å². The minimum absolute atomic E-state index is 0.0594. The van der Waals surface area contributed by atoms with Crippen molar-refractivity contribution in [2.45, 2.75) is 25.4 Å². The SMILES string of the molecule is O=C1Nc2ccccc2CN2C(=O)CC[C@H]12. The van der Waals surface area contributed by atoms with Crippen molar-refractivity contribution in [1.82, 2.24) is 4.90 Å². The summed E-state index contributed by atoms with van der Waals surface area (Å²) < 4.78 is 0. The van der Waals surface area contributed by atoms with Crippen molar-refractivity contribution in [3.63, 3.8) is 0 Å². The van der Waals surface area contributed by atoms with Gasteiger partial charge in [-0.3, -0.25) is 9.59 Å². The number of nitrogens with zero attached hydrogens (tertiary/aromatic N) is 1. The summed E-state index contributed by atoms with van der Waals surface area (Å²) in [5, 5.41) is 2.88. The molecule has 0 bridgehead atoms. The van der Waals surface area contributed by atoms with Gasteiger partial charge in [0, 0.05) is 18.7 Å².